The van der Waals surface area contributed by atoms with Crippen LogP contribution in [-0.4, -0.2) is 15.2 Å². The van der Waals surface area contributed by atoms with Gasteiger partial charge in [-0.25, -0.2) is 0 Å². The number of rotatable bonds is 5. The van der Waals surface area contributed by atoms with Gasteiger partial charge in [-0.2, -0.15) is 10.1 Å². The molecule has 0 fully saturated rings. The maximum Gasteiger partial charge on any atom is 0.244 e. The number of aromatic nitrogens is 3. The number of hydrogen-bond donors (Lipinski definition) is 2. The largest absolute Gasteiger partial charge is 0.349 e. The number of halogens is 1. The van der Waals surface area contributed by atoms with Gasteiger partial charge in [-0.05, 0) is 42.7 Å². The van der Waals surface area contributed by atoms with Crippen molar-refractivity contribution in [3.8, 4) is 0 Å². The van der Waals surface area contributed by atoms with Crippen molar-refractivity contribution in [3.05, 3.63) is 70.4 Å². The van der Waals surface area contributed by atoms with Gasteiger partial charge in [0.05, 0.1) is 6.20 Å². The molecule has 0 amide bonds. The highest BCUT2D eigenvalue weighted by atomic mass is 35.5. The molecule has 0 bridgehead atoms. The number of nitrogens with one attached hydrogen (secondary N) is 2. The fourth-order valence-electron chi connectivity index (χ4n) is 2.30. The van der Waals surface area contributed by atoms with Crippen molar-refractivity contribution in [3.63, 3.8) is 0 Å². The van der Waals surface area contributed by atoms with Crippen molar-refractivity contribution < 1.29 is 0 Å². The summed E-state index contributed by atoms with van der Waals surface area (Å²) in [5.74, 6) is 1.09. The van der Waals surface area contributed by atoms with Crippen molar-refractivity contribution in [2.45, 2.75) is 20.4 Å². The van der Waals surface area contributed by atoms with Crippen LogP contribution in [0.4, 0.5) is 17.5 Å². The van der Waals surface area contributed by atoms with E-state index in [1.54, 1.807) is 6.20 Å². The second-order valence-corrected chi connectivity index (χ2v) is 5.89. The lowest BCUT2D eigenvalue weighted by atomic mass is 10.1. The Morgan fingerprint density at radius 2 is 1.88 bits per heavy atom. The molecule has 3 aromatic rings. The van der Waals surface area contributed by atoms with E-state index in [0.29, 0.717) is 23.3 Å². The molecule has 0 aliphatic rings. The van der Waals surface area contributed by atoms with Gasteiger partial charge in [0.2, 0.25) is 5.95 Å². The zero-order valence-electron chi connectivity index (χ0n) is 13.5. The van der Waals surface area contributed by atoms with Gasteiger partial charge in [-0.15, -0.1) is 5.10 Å². The highest BCUT2D eigenvalue weighted by molar-refractivity contribution is 6.31. The lowest BCUT2D eigenvalue weighted by Gasteiger charge is -2.11. The molecule has 0 radical (unpaired) electrons. The summed E-state index contributed by atoms with van der Waals surface area (Å²) in [6.45, 7) is 4.68. The fourth-order valence-corrected chi connectivity index (χ4v) is 2.48. The first kappa shape index (κ1) is 16.2. The average Bonchev–Trinajstić information content (AvgIpc) is 2.59. The lowest BCUT2D eigenvalue weighted by Crippen LogP contribution is -2.07. The Hall–Kier alpha value is -2.66. The van der Waals surface area contributed by atoms with Crippen LogP contribution in [0.2, 0.25) is 5.02 Å². The highest BCUT2D eigenvalue weighted by Crippen LogP contribution is 2.25. The van der Waals surface area contributed by atoms with Gasteiger partial charge < -0.3 is 10.6 Å². The van der Waals surface area contributed by atoms with Gasteiger partial charge in [-0.1, -0.05) is 41.9 Å². The Bertz CT molecular complexity index is 850. The molecule has 0 spiro atoms. The summed E-state index contributed by atoms with van der Waals surface area (Å²) >= 11 is 6.14. The minimum Gasteiger partial charge on any atom is -0.349 e. The number of aryl methyl sites for hydroxylation is 1. The van der Waals surface area contributed by atoms with Crippen molar-refractivity contribution in [2.75, 3.05) is 10.6 Å². The molecule has 0 unspecified atom stereocenters. The van der Waals surface area contributed by atoms with Crippen LogP contribution in [0.1, 0.15) is 16.7 Å². The van der Waals surface area contributed by atoms with E-state index in [1.807, 2.05) is 37.3 Å². The maximum atomic E-state index is 6.14. The van der Waals surface area contributed by atoms with Gasteiger partial charge in [-0.3, -0.25) is 0 Å². The van der Waals surface area contributed by atoms with E-state index in [-0.39, 0.29) is 0 Å². The second-order valence-electron chi connectivity index (χ2n) is 5.48. The molecule has 6 heteroatoms. The first-order valence-corrected chi connectivity index (χ1v) is 8.01. The molecule has 1 heterocycles. The summed E-state index contributed by atoms with van der Waals surface area (Å²) in [5, 5.41) is 15.2. The Balaban J connectivity index is 1.72. The predicted octanol–water partition coefficient (Wildman–Crippen LogP) is 4.50. The average molecular weight is 340 g/mol. The first-order chi connectivity index (χ1) is 11.6. The molecular weight excluding hydrogens is 322 g/mol. The number of benzene rings is 2. The smallest absolute Gasteiger partial charge is 0.244 e. The van der Waals surface area contributed by atoms with E-state index in [9.17, 15) is 0 Å². The molecule has 2 N–H and O–H groups in total. The monoisotopic (exact) mass is 339 g/mol. The van der Waals surface area contributed by atoms with Crippen LogP contribution >= 0.6 is 11.6 Å². The Labute approximate surface area is 146 Å². The molecule has 0 saturated heterocycles. The quantitative estimate of drug-likeness (QED) is 0.716. The van der Waals surface area contributed by atoms with E-state index in [2.05, 4.69) is 44.9 Å². The Morgan fingerprint density at radius 1 is 1.04 bits per heavy atom. The number of nitrogens with zero attached hydrogens (tertiary/aromatic N) is 3. The van der Waals surface area contributed by atoms with Crippen LogP contribution in [0.25, 0.3) is 0 Å². The van der Waals surface area contributed by atoms with Crippen molar-refractivity contribution in [1.82, 2.24) is 15.2 Å². The number of hydrogen-bond acceptors (Lipinski definition) is 5. The van der Waals surface area contributed by atoms with E-state index in [4.69, 9.17) is 11.6 Å². The zero-order valence-corrected chi connectivity index (χ0v) is 14.3. The van der Waals surface area contributed by atoms with Crippen LogP contribution in [-0.2, 0) is 6.54 Å². The van der Waals surface area contributed by atoms with Crippen molar-refractivity contribution >= 4 is 29.1 Å². The van der Waals surface area contributed by atoms with Gasteiger partial charge in [0, 0.05) is 17.3 Å². The second kappa shape index (κ2) is 7.27. The molecular formula is C18H18ClN5. The summed E-state index contributed by atoms with van der Waals surface area (Å²) in [5.41, 5.74) is 4.28. The lowest BCUT2D eigenvalue weighted by molar-refractivity contribution is 0.946. The van der Waals surface area contributed by atoms with E-state index < -0.39 is 0 Å². The standard InChI is InChI=1S/C18H18ClN5/c1-12-6-3-4-7-14(12)10-20-18-23-17(11-21-24-18)22-16-9-5-8-15(19)13(16)2/h3-9,11H,10H2,1-2H3,(H2,20,22,23,24). The molecule has 0 atom stereocenters. The SMILES string of the molecule is Cc1ccccc1CNc1nncc(Nc2cccc(Cl)c2C)n1. The minimum atomic E-state index is 0.475. The zero-order chi connectivity index (χ0) is 16.9. The van der Waals surface area contributed by atoms with E-state index in [1.165, 1.54) is 11.1 Å². The van der Waals surface area contributed by atoms with Gasteiger partial charge >= 0.3 is 0 Å². The molecule has 0 saturated carbocycles. The van der Waals surface area contributed by atoms with Crippen LogP contribution in [0, 0.1) is 13.8 Å². The molecule has 3 rings (SSSR count). The number of anilines is 3. The van der Waals surface area contributed by atoms with Crippen LogP contribution in [0.3, 0.4) is 0 Å². The molecule has 122 valence electrons. The van der Waals surface area contributed by atoms with Crippen LogP contribution in [0.5, 0.6) is 0 Å². The van der Waals surface area contributed by atoms with E-state index >= 15 is 0 Å². The summed E-state index contributed by atoms with van der Waals surface area (Å²) < 4.78 is 0. The van der Waals surface area contributed by atoms with E-state index in [0.717, 1.165) is 11.3 Å². The van der Waals surface area contributed by atoms with Gasteiger partial charge in [0.25, 0.3) is 0 Å². The third-order valence-electron chi connectivity index (χ3n) is 3.79. The molecule has 0 aliphatic carbocycles. The molecule has 1 aromatic heterocycles. The van der Waals surface area contributed by atoms with Crippen LogP contribution in [0.15, 0.2) is 48.7 Å². The molecule has 0 aliphatic heterocycles. The minimum absolute atomic E-state index is 0.475. The predicted molar refractivity (Wildman–Crippen MR) is 97.8 cm³/mol. The molecule has 24 heavy (non-hydrogen) atoms. The Kier molecular flexibility index (Phi) is 4.91. The third-order valence-corrected chi connectivity index (χ3v) is 4.20. The third kappa shape index (κ3) is 3.81. The maximum absolute atomic E-state index is 6.14. The Morgan fingerprint density at radius 3 is 2.71 bits per heavy atom. The summed E-state index contributed by atoms with van der Waals surface area (Å²) in [6.07, 6.45) is 1.58. The van der Waals surface area contributed by atoms with Crippen LogP contribution < -0.4 is 10.6 Å². The van der Waals surface area contributed by atoms with Gasteiger partial charge in [0.1, 0.15) is 0 Å². The first-order valence-electron chi connectivity index (χ1n) is 7.64. The summed E-state index contributed by atoms with van der Waals surface area (Å²) in [4.78, 5) is 4.44. The summed E-state index contributed by atoms with van der Waals surface area (Å²) in [6, 6.07) is 13.9. The van der Waals surface area contributed by atoms with Crippen molar-refractivity contribution in [2.24, 2.45) is 0 Å². The van der Waals surface area contributed by atoms with Gasteiger partial charge in [0.15, 0.2) is 5.82 Å². The molecule has 2 aromatic carbocycles. The fraction of sp³-hybridized carbons (Fsp3) is 0.167. The van der Waals surface area contributed by atoms with Crippen molar-refractivity contribution in [1.29, 1.82) is 0 Å². The normalized spacial score (nSPS) is 10.5. The molecule has 5 nitrogen and oxygen atoms in total. The highest BCUT2D eigenvalue weighted by Gasteiger charge is 2.05. The topological polar surface area (TPSA) is 62.7 Å². The summed E-state index contributed by atoms with van der Waals surface area (Å²) in [7, 11) is 0.